The first-order valence-electron chi connectivity index (χ1n) is 6.29. The van der Waals surface area contributed by atoms with Crippen LogP contribution in [0, 0.1) is 6.92 Å². The van der Waals surface area contributed by atoms with Gasteiger partial charge in [0, 0.05) is 16.6 Å². The van der Waals surface area contributed by atoms with E-state index in [1.54, 1.807) is 18.2 Å². The van der Waals surface area contributed by atoms with Gasteiger partial charge >= 0.3 is 0 Å². The molecule has 0 saturated heterocycles. The quantitative estimate of drug-likeness (QED) is 0.790. The van der Waals surface area contributed by atoms with E-state index < -0.39 is 15.6 Å². The van der Waals surface area contributed by atoms with Gasteiger partial charge in [-0.15, -0.1) is 12.4 Å². The first-order valence-corrected chi connectivity index (χ1v) is 8.56. The summed E-state index contributed by atoms with van der Waals surface area (Å²) in [5.74, 6) is 0. The number of nitrogens with two attached hydrogens (primary N) is 1. The first-order chi connectivity index (χ1) is 8.74. The van der Waals surface area contributed by atoms with Crippen LogP contribution in [0.15, 0.2) is 27.6 Å². The number of rotatable bonds is 6. The predicted octanol–water partition coefficient (Wildman–Crippen LogP) is 2.98. The van der Waals surface area contributed by atoms with E-state index in [9.17, 15) is 8.42 Å². The van der Waals surface area contributed by atoms with Crippen molar-refractivity contribution in [2.24, 2.45) is 5.73 Å². The Labute approximate surface area is 136 Å². The number of aryl methyl sites for hydroxylation is 1. The van der Waals surface area contributed by atoms with Gasteiger partial charge in [-0.3, -0.25) is 0 Å². The average Bonchev–Trinajstić information content (AvgIpc) is 2.39. The molecule has 0 radical (unpaired) electrons. The highest BCUT2D eigenvalue weighted by atomic mass is 79.9. The van der Waals surface area contributed by atoms with Crippen LogP contribution in [0.5, 0.6) is 0 Å². The number of sulfonamides is 1. The van der Waals surface area contributed by atoms with Crippen molar-refractivity contribution >= 4 is 38.4 Å². The van der Waals surface area contributed by atoms with Crippen molar-refractivity contribution in [2.45, 2.75) is 44.0 Å². The highest BCUT2D eigenvalue weighted by Gasteiger charge is 2.24. The number of nitrogens with one attached hydrogen (secondary N) is 1. The van der Waals surface area contributed by atoms with Gasteiger partial charge in [0.15, 0.2) is 0 Å². The van der Waals surface area contributed by atoms with E-state index >= 15 is 0 Å². The van der Waals surface area contributed by atoms with Crippen molar-refractivity contribution in [1.82, 2.24) is 4.72 Å². The van der Waals surface area contributed by atoms with Crippen LogP contribution in [0.4, 0.5) is 0 Å². The zero-order valence-electron chi connectivity index (χ0n) is 11.9. The van der Waals surface area contributed by atoms with Gasteiger partial charge in [-0.05, 0) is 43.5 Å². The van der Waals surface area contributed by atoms with E-state index in [4.69, 9.17) is 5.73 Å². The van der Waals surface area contributed by atoms with Gasteiger partial charge in [-0.1, -0.05) is 29.8 Å². The molecule has 0 aromatic heterocycles. The molecule has 0 aliphatic carbocycles. The predicted molar refractivity (Wildman–Crippen MR) is 88.8 cm³/mol. The van der Waals surface area contributed by atoms with Crippen LogP contribution in [0.25, 0.3) is 0 Å². The third-order valence-electron chi connectivity index (χ3n) is 3.46. The zero-order chi connectivity index (χ0) is 14.7. The lowest BCUT2D eigenvalue weighted by Crippen LogP contribution is -2.49. The van der Waals surface area contributed by atoms with Gasteiger partial charge in [-0.25, -0.2) is 13.1 Å². The topological polar surface area (TPSA) is 72.2 Å². The molecule has 0 saturated carbocycles. The molecule has 116 valence electrons. The standard InChI is InChI=1S/C13H21BrN2O2S.ClH/c1-4-13(15,5-2)9-16-19(17,18)11-6-7-12(14)10(3)8-11;/h6-8,16H,4-5,9,15H2,1-3H3;1H. The molecule has 0 aliphatic heterocycles. The summed E-state index contributed by atoms with van der Waals surface area (Å²) in [5, 5.41) is 0. The summed E-state index contributed by atoms with van der Waals surface area (Å²) in [6.45, 7) is 6.02. The number of benzene rings is 1. The third kappa shape index (κ3) is 5.00. The van der Waals surface area contributed by atoms with Crippen molar-refractivity contribution in [3.05, 3.63) is 28.2 Å². The van der Waals surface area contributed by atoms with E-state index in [1.807, 2.05) is 20.8 Å². The summed E-state index contributed by atoms with van der Waals surface area (Å²) in [6.07, 6.45) is 1.46. The van der Waals surface area contributed by atoms with E-state index in [1.165, 1.54) is 0 Å². The highest BCUT2D eigenvalue weighted by molar-refractivity contribution is 9.10. The highest BCUT2D eigenvalue weighted by Crippen LogP contribution is 2.20. The fourth-order valence-corrected chi connectivity index (χ4v) is 3.08. The minimum absolute atomic E-state index is 0. The second-order valence-corrected chi connectivity index (χ2v) is 7.43. The summed E-state index contributed by atoms with van der Waals surface area (Å²) >= 11 is 3.35. The van der Waals surface area contributed by atoms with Crippen LogP contribution in [-0.2, 0) is 10.0 Å². The summed E-state index contributed by atoms with van der Waals surface area (Å²) in [5.41, 5.74) is 6.50. The van der Waals surface area contributed by atoms with Gasteiger partial charge in [0.1, 0.15) is 0 Å². The Balaban J connectivity index is 0.00000361. The molecular formula is C13H22BrClN2O2S. The molecule has 1 aromatic carbocycles. The minimum Gasteiger partial charge on any atom is -0.324 e. The summed E-state index contributed by atoms with van der Waals surface area (Å²) < 4.78 is 27.9. The van der Waals surface area contributed by atoms with Crippen LogP contribution in [-0.4, -0.2) is 20.5 Å². The number of halogens is 2. The van der Waals surface area contributed by atoms with Crippen molar-refractivity contribution in [3.8, 4) is 0 Å². The zero-order valence-corrected chi connectivity index (χ0v) is 15.2. The van der Waals surface area contributed by atoms with E-state index in [-0.39, 0.29) is 23.8 Å². The fraction of sp³-hybridized carbons (Fsp3) is 0.538. The summed E-state index contributed by atoms with van der Waals surface area (Å²) in [7, 11) is -3.50. The monoisotopic (exact) mass is 384 g/mol. The molecule has 3 N–H and O–H groups in total. The Morgan fingerprint density at radius 1 is 1.30 bits per heavy atom. The average molecular weight is 386 g/mol. The fourth-order valence-electron chi connectivity index (χ4n) is 1.61. The SMILES string of the molecule is CCC(N)(CC)CNS(=O)(=O)c1ccc(Br)c(C)c1.Cl. The molecule has 0 aliphatic rings. The maximum Gasteiger partial charge on any atom is 0.240 e. The first kappa shape index (κ1) is 19.9. The largest absolute Gasteiger partial charge is 0.324 e. The third-order valence-corrected chi connectivity index (χ3v) is 5.75. The molecule has 0 amide bonds. The molecule has 0 bridgehead atoms. The second-order valence-electron chi connectivity index (χ2n) is 4.81. The van der Waals surface area contributed by atoms with Gasteiger partial charge < -0.3 is 5.73 Å². The molecule has 7 heteroatoms. The van der Waals surface area contributed by atoms with Crippen LogP contribution in [0.1, 0.15) is 32.3 Å². The number of hydrogen-bond donors (Lipinski definition) is 2. The normalized spacial score (nSPS) is 12.1. The van der Waals surface area contributed by atoms with Crippen LogP contribution in [0.2, 0.25) is 0 Å². The molecule has 4 nitrogen and oxygen atoms in total. The van der Waals surface area contributed by atoms with Gasteiger partial charge in [0.25, 0.3) is 0 Å². The van der Waals surface area contributed by atoms with E-state index in [0.717, 1.165) is 22.9 Å². The van der Waals surface area contributed by atoms with E-state index in [2.05, 4.69) is 20.7 Å². The van der Waals surface area contributed by atoms with Gasteiger partial charge in [-0.2, -0.15) is 0 Å². The van der Waals surface area contributed by atoms with Crippen LogP contribution >= 0.6 is 28.3 Å². The molecule has 1 rings (SSSR count). The van der Waals surface area contributed by atoms with Crippen molar-refractivity contribution < 1.29 is 8.42 Å². The molecule has 0 unspecified atom stereocenters. The van der Waals surface area contributed by atoms with Crippen LogP contribution in [0.3, 0.4) is 0 Å². The molecule has 0 heterocycles. The molecule has 1 aromatic rings. The Hall–Kier alpha value is -0.140. The lowest BCUT2D eigenvalue weighted by atomic mass is 9.95. The molecule has 0 atom stereocenters. The maximum absolute atomic E-state index is 12.2. The Kier molecular flexibility index (Phi) is 7.70. The van der Waals surface area contributed by atoms with Gasteiger partial charge in [0.05, 0.1) is 4.90 Å². The maximum atomic E-state index is 12.2. The van der Waals surface area contributed by atoms with Crippen molar-refractivity contribution in [3.63, 3.8) is 0 Å². The smallest absolute Gasteiger partial charge is 0.240 e. The summed E-state index contributed by atoms with van der Waals surface area (Å²) in [6, 6.07) is 4.96. The molecule has 0 fully saturated rings. The lowest BCUT2D eigenvalue weighted by molar-refractivity contribution is 0.392. The summed E-state index contributed by atoms with van der Waals surface area (Å²) in [4.78, 5) is 0.266. The van der Waals surface area contributed by atoms with Crippen molar-refractivity contribution in [1.29, 1.82) is 0 Å². The van der Waals surface area contributed by atoms with Gasteiger partial charge in [0.2, 0.25) is 10.0 Å². The Morgan fingerprint density at radius 3 is 2.30 bits per heavy atom. The molecule has 0 spiro atoms. The van der Waals surface area contributed by atoms with Crippen LogP contribution < -0.4 is 10.5 Å². The second kappa shape index (κ2) is 7.75. The Bertz CT molecular complexity index is 545. The lowest BCUT2D eigenvalue weighted by Gasteiger charge is -2.26. The molecule has 20 heavy (non-hydrogen) atoms. The van der Waals surface area contributed by atoms with E-state index in [0.29, 0.717) is 0 Å². The van der Waals surface area contributed by atoms with Crippen molar-refractivity contribution in [2.75, 3.05) is 6.54 Å². The number of hydrogen-bond acceptors (Lipinski definition) is 3. The Morgan fingerprint density at radius 2 is 1.85 bits per heavy atom. The minimum atomic E-state index is -3.50. The molecular weight excluding hydrogens is 364 g/mol.